The van der Waals surface area contributed by atoms with Crippen molar-refractivity contribution in [1.29, 1.82) is 0 Å². The molecule has 0 bridgehead atoms. The zero-order valence-electron chi connectivity index (χ0n) is 7.75. The smallest absolute Gasteiger partial charge is 0.144 e. The Hall–Kier alpha value is -1.62. The predicted octanol–water partition coefficient (Wildman–Crippen LogP) is 1.05. The van der Waals surface area contributed by atoms with Crippen molar-refractivity contribution in [3.05, 3.63) is 36.0 Å². The minimum atomic E-state index is -2.44. The number of aromatic hydroxyl groups is 1. The lowest BCUT2D eigenvalue weighted by Crippen LogP contribution is -1.87. The van der Waals surface area contributed by atoms with Gasteiger partial charge < -0.3 is 5.11 Å². The van der Waals surface area contributed by atoms with Gasteiger partial charge in [0.2, 0.25) is 0 Å². The number of hydrogen-bond acceptors (Lipinski definition) is 4. The molecule has 0 amide bonds. The van der Waals surface area contributed by atoms with Crippen molar-refractivity contribution >= 4 is 21.6 Å². The van der Waals surface area contributed by atoms with Crippen LogP contribution >= 0.6 is 0 Å². The van der Waals surface area contributed by atoms with Crippen molar-refractivity contribution in [2.75, 3.05) is 0 Å². The molecule has 5 heteroatoms. The van der Waals surface area contributed by atoms with E-state index in [2.05, 4.69) is 4.98 Å². The fourth-order valence-electron chi connectivity index (χ4n) is 1.43. The molecule has 0 atom stereocenters. The monoisotopic (exact) mass is 223 g/mol. The first-order chi connectivity index (χ1) is 7.16. The Labute approximate surface area is 88.1 Å². The first-order valence-electron chi connectivity index (χ1n) is 4.35. The van der Waals surface area contributed by atoms with Crippen molar-refractivity contribution in [2.24, 2.45) is 0 Å². The van der Waals surface area contributed by atoms with Crippen molar-refractivity contribution in [3.63, 3.8) is 0 Å². The molecule has 0 saturated carbocycles. The third-order valence-corrected chi connectivity index (χ3v) is 2.72. The van der Waals surface area contributed by atoms with E-state index < -0.39 is 10.7 Å². The van der Waals surface area contributed by atoms with Gasteiger partial charge in [0.05, 0.1) is 11.3 Å². The molecule has 0 aliphatic rings. The number of nitrogens with zero attached hydrogens (tertiary/aromatic N) is 1. The Morgan fingerprint density at radius 1 is 1.27 bits per heavy atom. The maximum atomic E-state index is 10.5. The molecule has 0 unspecified atom stereocenters. The highest BCUT2D eigenvalue weighted by Gasteiger charge is 2.02. The lowest BCUT2D eigenvalue weighted by atomic mass is 10.1. The fourth-order valence-corrected chi connectivity index (χ4v) is 1.92. The molecular formula is C10H9NO3S. The van der Waals surface area contributed by atoms with Gasteiger partial charge in [-0.15, -0.1) is 0 Å². The normalized spacial score (nSPS) is 11.0. The second-order valence-corrected chi connectivity index (χ2v) is 4.15. The molecule has 4 nitrogen and oxygen atoms in total. The maximum Gasteiger partial charge on any atom is 0.144 e. The van der Waals surface area contributed by atoms with Crippen molar-refractivity contribution in [1.82, 2.24) is 4.98 Å². The summed E-state index contributed by atoms with van der Waals surface area (Å²) in [5.41, 5.74) is 1.31. The van der Waals surface area contributed by atoms with Crippen LogP contribution in [0.25, 0.3) is 10.9 Å². The standard InChI is InChI=1S/C10H9NO3S/c12-10-3-4-11-9-2-1-7(5-8(9)10)6-15(13)14/h1-5,15H,6H2,(H,11,12). The molecule has 2 rings (SSSR count). The number of rotatable bonds is 2. The first-order valence-corrected chi connectivity index (χ1v) is 5.71. The van der Waals surface area contributed by atoms with Gasteiger partial charge in [-0.3, -0.25) is 4.98 Å². The topological polar surface area (TPSA) is 67.3 Å². The minimum absolute atomic E-state index is 0.0143. The largest absolute Gasteiger partial charge is 0.507 e. The summed E-state index contributed by atoms with van der Waals surface area (Å²) in [6.07, 6.45) is 1.51. The Balaban J connectivity index is 2.59. The SMILES string of the molecule is O=[SH](=O)Cc1ccc2nccc(O)c2c1. The van der Waals surface area contributed by atoms with Crippen LogP contribution in [0.5, 0.6) is 5.75 Å². The molecule has 0 aliphatic heterocycles. The first kappa shape index (κ1) is 9.92. The summed E-state index contributed by atoms with van der Waals surface area (Å²) < 4.78 is 21.1. The zero-order chi connectivity index (χ0) is 10.8. The Bertz CT molecular complexity index is 570. The van der Waals surface area contributed by atoms with Crippen LogP contribution in [0.1, 0.15) is 5.56 Å². The lowest BCUT2D eigenvalue weighted by Gasteiger charge is -2.01. The van der Waals surface area contributed by atoms with Crippen LogP contribution < -0.4 is 0 Å². The number of hydrogen-bond donors (Lipinski definition) is 2. The molecule has 0 aliphatic carbocycles. The highest BCUT2D eigenvalue weighted by atomic mass is 32.2. The molecule has 1 aromatic carbocycles. The second kappa shape index (κ2) is 3.86. The van der Waals surface area contributed by atoms with Crippen LogP contribution in [0, 0.1) is 0 Å². The summed E-state index contributed by atoms with van der Waals surface area (Å²) in [6.45, 7) is 0. The molecule has 1 heterocycles. The zero-order valence-corrected chi connectivity index (χ0v) is 8.65. The van der Waals surface area contributed by atoms with E-state index in [0.29, 0.717) is 16.5 Å². The predicted molar refractivity (Wildman–Crippen MR) is 57.4 cm³/mol. The maximum absolute atomic E-state index is 10.5. The summed E-state index contributed by atoms with van der Waals surface area (Å²) in [7, 11) is -2.44. The summed E-state index contributed by atoms with van der Waals surface area (Å²) in [6, 6.07) is 6.51. The van der Waals surface area contributed by atoms with Crippen LogP contribution in [0.2, 0.25) is 0 Å². The Kier molecular flexibility index (Phi) is 2.55. The van der Waals surface area contributed by atoms with Gasteiger partial charge in [0.1, 0.15) is 16.5 Å². The lowest BCUT2D eigenvalue weighted by molar-refractivity contribution is 0.481. The highest BCUT2D eigenvalue weighted by molar-refractivity contribution is 7.71. The molecule has 15 heavy (non-hydrogen) atoms. The molecule has 0 radical (unpaired) electrons. The fraction of sp³-hybridized carbons (Fsp3) is 0.100. The van der Waals surface area contributed by atoms with Gasteiger partial charge in [-0.1, -0.05) is 6.07 Å². The van der Waals surface area contributed by atoms with Crippen molar-refractivity contribution < 1.29 is 13.5 Å². The van der Waals surface area contributed by atoms with Crippen LogP contribution in [-0.4, -0.2) is 18.5 Å². The molecule has 0 fully saturated rings. The average molecular weight is 223 g/mol. The molecule has 0 spiro atoms. The van der Waals surface area contributed by atoms with Gasteiger partial charge in [-0.25, -0.2) is 8.42 Å². The summed E-state index contributed by atoms with van der Waals surface area (Å²) in [4.78, 5) is 4.05. The van der Waals surface area contributed by atoms with E-state index in [0.717, 1.165) is 0 Å². The minimum Gasteiger partial charge on any atom is -0.507 e. The average Bonchev–Trinajstić information content (AvgIpc) is 2.18. The van der Waals surface area contributed by atoms with E-state index in [1.807, 2.05) is 0 Å². The van der Waals surface area contributed by atoms with E-state index >= 15 is 0 Å². The summed E-state index contributed by atoms with van der Waals surface area (Å²) >= 11 is 0. The van der Waals surface area contributed by atoms with E-state index in [-0.39, 0.29) is 11.5 Å². The number of aromatic nitrogens is 1. The molecule has 78 valence electrons. The quantitative estimate of drug-likeness (QED) is 0.747. The molecule has 2 aromatic rings. The molecule has 1 aromatic heterocycles. The number of fused-ring (bicyclic) bond motifs is 1. The van der Waals surface area contributed by atoms with Gasteiger partial charge in [0.15, 0.2) is 0 Å². The third kappa shape index (κ3) is 2.07. The van der Waals surface area contributed by atoms with E-state index in [1.54, 1.807) is 18.2 Å². The number of thiol groups is 1. The van der Waals surface area contributed by atoms with Gasteiger partial charge >= 0.3 is 0 Å². The Morgan fingerprint density at radius 3 is 2.80 bits per heavy atom. The summed E-state index contributed by atoms with van der Waals surface area (Å²) in [5, 5.41) is 10.1. The van der Waals surface area contributed by atoms with Crippen molar-refractivity contribution in [3.8, 4) is 5.75 Å². The van der Waals surface area contributed by atoms with Gasteiger partial charge in [0.25, 0.3) is 0 Å². The van der Waals surface area contributed by atoms with Crippen molar-refractivity contribution in [2.45, 2.75) is 5.75 Å². The molecular weight excluding hydrogens is 214 g/mol. The van der Waals surface area contributed by atoms with E-state index in [9.17, 15) is 13.5 Å². The molecule has 1 N–H and O–H groups in total. The van der Waals surface area contributed by atoms with Crippen LogP contribution in [-0.2, 0) is 16.5 Å². The van der Waals surface area contributed by atoms with Gasteiger partial charge in [0, 0.05) is 11.6 Å². The third-order valence-electron chi connectivity index (χ3n) is 2.09. The van der Waals surface area contributed by atoms with Crippen LogP contribution in [0.4, 0.5) is 0 Å². The number of pyridine rings is 1. The van der Waals surface area contributed by atoms with Gasteiger partial charge in [-0.05, 0) is 23.8 Å². The van der Waals surface area contributed by atoms with E-state index in [4.69, 9.17) is 0 Å². The van der Waals surface area contributed by atoms with Crippen LogP contribution in [0.3, 0.4) is 0 Å². The van der Waals surface area contributed by atoms with Crippen LogP contribution in [0.15, 0.2) is 30.5 Å². The highest BCUT2D eigenvalue weighted by Crippen LogP contribution is 2.23. The number of benzene rings is 1. The van der Waals surface area contributed by atoms with Gasteiger partial charge in [-0.2, -0.15) is 0 Å². The summed E-state index contributed by atoms with van der Waals surface area (Å²) in [5.74, 6) is 0.0996. The molecule has 0 saturated heterocycles. The second-order valence-electron chi connectivity index (χ2n) is 3.17. The Morgan fingerprint density at radius 2 is 2.07 bits per heavy atom. The van der Waals surface area contributed by atoms with E-state index in [1.165, 1.54) is 12.3 Å².